The fraction of sp³-hybridized carbons (Fsp3) is 0.294. The van der Waals surface area contributed by atoms with Gasteiger partial charge in [0.15, 0.2) is 0 Å². The molecule has 0 saturated carbocycles. The molecule has 0 fully saturated rings. The maximum Gasteiger partial charge on any atom is 0.123 e. The predicted octanol–water partition coefficient (Wildman–Crippen LogP) is 3.65. The maximum absolute atomic E-state index is 5.95. The van der Waals surface area contributed by atoms with Crippen molar-refractivity contribution < 1.29 is 4.74 Å². The minimum absolute atomic E-state index is 0.542. The van der Waals surface area contributed by atoms with Gasteiger partial charge in [0.05, 0.1) is 0 Å². The fourth-order valence-corrected chi connectivity index (χ4v) is 2.04. The second kappa shape index (κ2) is 5.89. The quantitative estimate of drug-likeness (QED) is 0.905. The van der Waals surface area contributed by atoms with E-state index in [4.69, 9.17) is 10.5 Å². The average molecular weight is 255 g/mol. The zero-order valence-corrected chi connectivity index (χ0v) is 11.9. The zero-order valence-electron chi connectivity index (χ0n) is 11.9. The van der Waals surface area contributed by atoms with Gasteiger partial charge in [-0.05, 0) is 49.1 Å². The topological polar surface area (TPSA) is 35.2 Å². The van der Waals surface area contributed by atoms with Gasteiger partial charge in [-0.25, -0.2) is 0 Å². The van der Waals surface area contributed by atoms with Crippen LogP contribution in [0.4, 0.5) is 0 Å². The number of hydrogen-bond acceptors (Lipinski definition) is 2. The summed E-state index contributed by atoms with van der Waals surface area (Å²) in [6, 6.07) is 12.6. The Balaban J connectivity index is 2.16. The van der Waals surface area contributed by atoms with E-state index in [1.54, 1.807) is 0 Å². The monoisotopic (exact) mass is 255 g/mol. The van der Waals surface area contributed by atoms with Gasteiger partial charge in [0.25, 0.3) is 0 Å². The summed E-state index contributed by atoms with van der Waals surface area (Å²) in [4.78, 5) is 0. The first-order valence-corrected chi connectivity index (χ1v) is 6.58. The first kappa shape index (κ1) is 13.6. The molecule has 0 bridgehead atoms. The largest absolute Gasteiger partial charge is 0.489 e. The Hall–Kier alpha value is -1.80. The van der Waals surface area contributed by atoms with Crippen LogP contribution in [0.2, 0.25) is 0 Å². The lowest BCUT2D eigenvalue weighted by atomic mass is 10.1. The van der Waals surface area contributed by atoms with Crippen molar-refractivity contribution in [1.82, 2.24) is 0 Å². The van der Waals surface area contributed by atoms with E-state index in [2.05, 4.69) is 45.0 Å². The molecular weight excluding hydrogens is 234 g/mol. The van der Waals surface area contributed by atoms with E-state index in [9.17, 15) is 0 Å². The molecule has 0 saturated heterocycles. The molecule has 0 unspecified atom stereocenters. The van der Waals surface area contributed by atoms with Gasteiger partial charge in [-0.1, -0.05) is 35.9 Å². The van der Waals surface area contributed by atoms with Gasteiger partial charge in [0.1, 0.15) is 12.4 Å². The van der Waals surface area contributed by atoms with Crippen LogP contribution in [0.15, 0.2) is 36.4 Å². The second-order valence-electron chi connectivity index (χ2n) is 5.02. The molecule has 0 heterocycles. The predicted molar refractivity (Wildman–Crippen MR) is 79.3 cm³/mol. The molecule has 2 aromatic carbocycles. The van der Waals surface area contributed by atoms with Gasteiger partial charge in [0.2, 0.25) is 0 Å². The molecule has 2 rings (SSSR count). The van der Waals surface area contributed by atoms with Crippen molar-refractivity contribution in [3.63, 3.8) is 0 Å². The Morgan fingerprint density at radius 1 is 0.947 bits per heavy atom. The van der Waals surface area contributed by atoms with E-state index in [1.165, 1.54) is 16.7 Å². The highest BCUT2D eigenvalue weighted by Gasteiger charge is 2.04. The Morgan fingerprint density at radius 3 is 2.42 bits per heavy atom. The summed E-state index contributed by atoms with van der Waals surface area (Å²) in [6.45, 7) is 7.41. The third-order valence-electron chi connectivity index (χ3n) is 3.38. The van der Waals surface area contributed by atoms with Crippen LogP contribution in [0.5, 0.6) is 5.75 Å². The number of nitrogens with two attached hydrogens (primary N) is 1. The molecule has 2 nitrogen and oxygen atoms in total. The van der Waals surface area contributed by atoms with Gasteiger partial charge < -0.3 is 10.5 Å². The maximum atomic E-state index is 5.95. The van der Waals surface area contributed by atoms with Gasteiger partial charge in [-0.15, -0.1) is 0 Å². The van der Waals surface area contributed by atoms with E-state index in [0.717, 1.165) is 16.9 Å². The van der Waals surface area contributed by atoms with Crippen LogP contribution in [0.1, 0.15) is 27.8 Å². The molecule has 0 radical (unpaired) electrons. The van der Waals surface area contributed by atoms with Crippen LogP contribution in [0, 0.1) is 20.8 Å². The molecule has 0 spiro atoms. The normalized spacial score (nSPS) is 10.5. The Kier molecular flexibility index (Phi) is 4.23. The average Bonchev–Trinajstić information content (AvgIpc) is 2.41. The van der Waals surface area contributed by atoms with E-state index < -0.39 is 0 Å². The van der Waals surface area contributed by atoms with Gasteiger partial charge >= 0.3 is 0 Å². The summed E-state index contributed by atoms with van der Waals surface area (Å²) < 4.78 is 5.95. The highest BCUT2D eigenvalue weighted by molar-refractivity contribution is 5.37. The van der Waals surface area contributed by atoms with Crippen molar-refractivity contribution in [2.24, 2.45) is 5.73 Å². The van der Waals surface area contributed by atoms with Crippen molar-refractivity contribution in [3.05, 3.63) is 64.2 Å². The smallest absolute Gasteiger partial charge is 0.123 e. The first-order valence-electron chi connectivity index (χ1n) is 6.58. The third-order valence-corrected chi connectivity index (χ3v) is 3.38. The van der Waals surface area contributed by atoms with Gasteiger partial charge in [0, 0.05) is 6.54 Å². The van der Waals surface area contributed by atoms with Crippen LogP contribution in [0.3, 0.4) is 0 Å². The number of aryl methyl sites for hydroxylation is 3. The molecule has 0 aliphatic heterocycles. The molecule has 2 N–H and O–H groups in total. The highest BCUT2D eigenvalue weighted by Crippen LogP contribution is 2.21. The minimum atomic E-state index is 0.542. The van der Waals surface area contributed by atoms with Crippen molar-refractivity contribution in [2.45, 2.75) is 33.9 Å². The van der Waals surface area contributed by atoms with Crippen molar-refractivity contribution in [3.8, 4) is 5.75 Å². The molecule has 0 aliphatic carbocycles. The summed E-state index contributed by atoms with van der Waals surface area (Å²) in [5.41, 5.74) is 11.7. The van der Waals surface area contributed by atoms with Crippen LogP contribution >= 0.6 is 0 Å². The summed E-state index contributed by atoms with van der Waals surface area (Å²) in [5.74, 6) is 0.920. The molecule has 0 aliphatic rings. The molecule has 2 aromatic rings. The van der Waals surface area contributed by atoms with Gasteiger partial charge in [-0.3, -0.25) is 0 Å². The van der Waals surface area contributed by atoms with Crippen LogP contribution in [-0.2, 0) is 13.2 Å². The molecule has 100 valence electrons. The summed E-state index contributed by atoms with van der Waals surface area (Å²) >= 11 is 0. The van der Waals surface area contributed by atoms with Crippen LogP contribution in [0.25, 0.3) is 0 Å². The van der Waals surface area contributed by atoms with E-state index >= 15 is 0 Å². The van der Waals surface area contributed by atoms with Crippen LogP contribution in [-0.4, -0.2) is 0 Å². The first-order chi connectivity index (χ1) is 9.10. The lowest BCUT2D eigenvalue weighted by Crippen LogP contribution is -2.02. The summed E-state index contributed by atoms with van der Waals surface area (Å²) in [6.07, 6.45) is 0. The number of hydrogen-bond donors (Lipinski definition) is 1. The van der Waals surface area contributed by atoms with Gasteiger partial charge in [-0.2, -0.15) is 0 Å². The number of rotatable bonds is 4. The van der Waals surface area contributed by atoms with Crippen molar-refractivity contribution in [1.29, 1.82) is 0 Å². The second-order valence-corrected chi connectivity index (χ2v) is 5.02. The summed E-state index contributed by atoms with van der Waals surface area (Å²) in [5, 5.41) is 0. The Labute approximate surface area is 115 Å². The zero-order chi connectivity index (χ0) is 13.8. The van der Waals surface area contributed by atoms with E-state index in [1.807, 2.05) is 12.1 Å². The number of ether oxygens (including phenoxy) is 1. The molecule has 0 amide bonds. The molecular formula is C17H21NO. The summed E-state index contributed by atoms with van der Waals surface area (Å²) in [7, 11) is 0. The molecule has 2 heteroatoms. The Bertz CT molecular complexity index is 575. The minimum Gasteiger partial charge on any atom is -0.489 e. The molecule has 0 aromatic heterocycles. The standard InChI is InChI=1S/C17H21NO/c1-12-4-5-13(2)16(8-12)11-19-17-9-15(10-18)7-6-14(17)3/h4-9H,10-11,18H2,1-3H3. The fourth-order valence-electron chi connectivity index (χ4n) is 2.04. The van der Waals surface area contributed by atoms with Crippen molar-refractivity contribution >= 4 is 0 Å². The van der Waals surface area contributed by atoms with E-state index in [0.29, 0.717) is 13.2 Å². The lowest BCUT2D eigenvalue weighted by Gasteiger charge is -2.12. The third kappa shape index (κ3) is 3.36. The van der Waals surface area contributed by atoms with E-state index in [-0.39, 0.29) is 0 Å². The molecule has 19 heavy (non-hydrogen) atoms. The van der Waals surface area contributed by atoms with Crippen LogP contribution < -0.4 is 10.5 Å². The molecule has 0 atom stereocenters. The SMILES string of the molecule is Cc1ccc(C)c(COc2cc(CN)ccc2C)c1. The van der Waals surface area contributed by atoms with Crippen molar-refractivity contribution in [2.75, 3.05) is 0 Å². The number of benzene rings is 2. The highest BCUT2D eigenvalue weighted by atomic mass is 16.5. The Morgan fingerprint density at radius 2 is 1.68 bits per heavy atom. The lowest BCUT2D eigenvalue weighted by molar-refractivity contribution is 0.303.